The summed E-state index contributed by atoms with van der Waals surface area (Å²) in [5.74, 6) is -0.916. The number of thiophene rings is 1. The summed E-state index contributed by atoms with van der Waals surface area (Å²) in [5.41, 5.74) is -0.203. The van der Waals surface area contributed by atoms with Crippen molar-refractivity contribution in [1.29, 1.82) is 0 Å². The Balaban J connectivity index is 2.38. The van der Waals surface area contributed by atoms with Gasteiger partial charge in [-0.3, -0.25) is 0 Å². The van der Waals surface area contributed by atoms with Crippen molar-refractivity contribution in [3.05, 3.63) is 21.9 Å². The van der Waals surface area contributed by atoms with E-state index in [-0.39, 0.29) is 6.04 Å². The fourth-order valence-electron chi connectivity index (χ4n) is 1.71. The molecule has 0 aliphatic carbocycles. The number of amides is 1. The Morgan fingerprint density at radius 1 is 1.41 bits per heavy atom. The summed E-state index contributed by atoms with van der Waals surface area (Å²) in [4.78, 5) is 23.4. The van der Waals surface area contributed by atoms with Crippen molar-refractivity contribution in [3.8, 4) is 0 Å². The Morgan fingerprint density at radius 3 is 2.59 bits per heavy atom. The van der Waals surface area contributed by atoms with Gasteiger partial charge in [0.1, 0.15) is 5.60 Å². The maximum Gasteiger partial charge on any atom is 0.407 e. The Kier molecular flexibility index (Phi) is 6.83. The number of alkyl carbamates (subject to hydrolysis) is 1. The molecule has 6 nitrogen and oxygen atoms in total. The normalized spacial score (nSPS) is 12.7. The highest BCUT2D eigenvalue weighted by Crippen LogP contribution is 2.14. The minimum Gasteiger partial charge on any atom is -0.478 e. The number of hydrogen-bond donors (Lipinski definition) is 3. The average Bonchev–Trinajstić information content (AvgIpc) is 2.86. The predicted molar refractivity (Wildman–Crippen MR) is 86.4 cm³/mol. The zero-order valence-electron chi connectivity index (χ0n) is 13.4. The van der Waals surface area contributed by atoms with E-state index in [1.807, 2.05) is 27.7 Å². The quantitative estimate of drug-likeness (QED) is 0.716. The summed E-state index contributed by atoms with van der Waals surface area (Å²) in [5, 5.41) is 16.5. The van der Waals surface area contributed by atoms with Crippen molar-refractivity contribution in [2.24, 2.45) is 0 Å². The van der Waals surface area contributed by atoms with E-state index in [9.17, 15) is 9.59 Å². The van der Waals surface area contributed by atoms with Crippen LogP contribution in [-0.4, -0.2) is 35.4 Å². The number of aromatic carboxylic acids is 1. The molecule has 1 heterocycles. The van der Waals surface area contributed by atoms with Gasteiger partial charge in [-0.25, -0.2) is 9.59 Å². The van der Waals surface area contributed by atoms with Crippen LogP contribution in [0.3, 0.4) is 0 Å². The van der Waals surface area contributed by atoms with E-state index < -0.39 is 17.7 Å². The van der Waals surface area contributed by atoms with Crippen LogP contribution < -0.4 is 10.6 Å². The van der Waals surface area contributed by atoms with Crippen LogP contribution in [0.2, 0.25) is 0 Å². The summed E-state index contributed by atoms with van der Waals surface area (Å²) in [6.07, 6.45) is 0.407. The monoisotopic (exact) mass is 328 g/mol. The van der Waals surface area contributed by atoms with E-state index in [2.05, 4.69) is 10.6 Å². The lowest BCUT2D eigenvalue weighted by Crippen LogP contribution is -2.42. The highest BCUT2D eigenvalue weighted by atomic mass is 32.1. The fraction of sp³-hybridized carbons (Fsp3) is 0.600. The van der Waals surface area contributed by atoms with Crippen LogP contribution in [0.15, 0.2) is 11.4 Å². The van der Waals surface area contributed by atoms with Gasteiger partial charge in [0, 0.05) is 29.4 Å². The zero-order chi connectivity index (χ0) is 16.8. The Labute approximate surface area is 134 Å². The number of carbonyl (C=O) groups is 2. The molecule has 0 aliphatic heterocycles. The molecule has 0 fully saturated rings. The maximum absolute atomic E-state index is 11.6. The van der Waals surface area contributed by atoms with Crippen molar-refractivity contribution in [3.63, 3.8) is 0 Å². The topological polar surface area (TPSA) is 87.7 Å². The fourth-order valence-corrected chi connectivity index (χ4v) is 2.52. The first-order valence-corrected chi connectivity index (χ1v) is 8.10. The third-order valence-electron chi connectivity index (χ3n) is 2.85. The zero-order valence-corrected chi connectivity index (χ0v) is 14.3. The van der Waals surface area contributed by atoms with Crippen LogP contribution in [0.25, 0.3) is 0 Å². The highest BCUT2D eigenvalue weighted by Gasteiger charge is 2.17. The summed E-state index contributed by atoms with van der Waals surface area (Å²) in [6.45, 7) is 8.51. The second-order valence-corrected chi connectivity index (χ2v) is 6.97. The second-order valence-electron chi connectivity index (χ2n) is 5.98. The number of carboxylic acid groups (broad SMARTS) is 1. The number of ether oxygens (including phenoxy) is 1. The van der Waals surface area contributed by atoms with Crippen LogP contribution in [0.4, 0.5) is 4.79 Å². The average molecular weight is 328 g/mol. The van der Waals surface area contributed by atoms with Crippen LogP contribution in [-0.2, 0) is 11.3 Å². The lowest BCUT2D eigenvalue weighted by molar-refractivity contribution is 0.0521. The van der Waals surface area contributed by atoms with Gasteiger partial charge < -0.3 is 20.5 Å². The molecule has 1 atom stereocenters. The van der Waals surface area contributed by atoms with Gasteiger partial charge in [0.15, 0.2) is 0 Å². The highest BCUT2D eigenvalue weighted by molar-refractivity contribution is 7.10. The molecule has 1 unspecified atom stereocenters. The molecule has 22 heavy (non-hydrogen) atoms. The number of carbonyl (C=O) groups excluding carboxylic acids is 1. The first-order valence-electron chi connectivity index (χ1n) is 7.22. The smallest absolute Gasteiger partial charge is 0.407 e. The number of carboxylic acids is 1. The van der Waals surface area contributed by atoms with Crippen molar-refractivity contribution in [2.75, 3.05) is 6.54 Å². The largest absolute Gasteiger partial charge is 0.478 e. The predicted octanol–water partition coefficient (Wildman–Crippen LogP) is 2.84. The van der Waals surface area contributed by atoms with Gasteiger partial charge in [0.2, 0.25) is 0 Å². The molecule has 0 radical (unpaired) electrons. The molecule has 1 aromatic rings. The molecule has 0 aromatic carbocycles. The minimum absolute atomic E-state index is 0.0999. The van der Waals surface area contributed by atoms with Crippen LogP contribution in [0, 0.1) is 0 Å². The lowest BCUT2D eigenvalue weighted by atomic mass is 10.2. The summed E-state index contributed by atoms with van der Waals surface area (Å²) < 4.78 is 5.18. The molecule has 0 saturated heterocycles. The van der Waals surface area contributed by atoms with Gasteiger partial charge in [0.05, 0.1) is 5.56 Å². The lowest BCUT2D eigenvalue weighted by Gasteiger charge is -2.22. The maximum atomic E-state index is 11.6. The summed E-state index contributed by atoms with van der Waals surface area (Å²) >= 11 is 1.41. The molecule has 1 aromatic heterocycles. The first-order chi connectivity index (χ1) is 10.2. The van der Waals surface area contributed by atoms with Crippen LogP contribution in [0.5, 0.6) is 0 Å². The first kappa shape index (κ1) is 18.4. The van der Waals surface area contributed by atoms with Crippen molar-refractivity contribution >= 4 is 23.4 Å². The molecule has 1 amide bonds. The van der Waals surface area contributed by atoms with E-state index in [0.29, 0.717) is 18.7 Å². The van der Waals surface area contributed by atoms with E-state index in [4.69, 9.17) is 9.84 Å². The van der Waals surface area contributed by atoms with Crippen LogP contribution >= 0.6 is 11.3 Å². The van der Waals surface area contributed by atoms with Gasteiger partial charge in [-0.15, -0.1) is 11.3 Å². The van der Waals surface area contributed by atoms with Gasteiger partial charge in [-0.2, -0.15) is 0 Å². The minimum atomic E-state index is -0.916. The van der Waals surface area contributed by atoms with Gasteiger partial charge in [0.25, 0.3) is 0 Å². The molecule has 0 bridgehead atoms. The molecule has 0 spiro atoms. The molecule has 7 heteroatoms. The van der Waals surface area contributed by atoms with E-state index in [1.165, 1.54) is 11.3 Å². The van der Waals surface area contributed by atoms with E-state index in [0.717, 1.165) is 11.3 Å². The number of hydrogen-bond acceptors (Lipinski definition) is 5. The Hall–Kier alpha value is -1.60. The molecule has 124 valence electrons. The Morgan fingerprint density at radius 2 is 2.09 bits per heavy atom. The Bertz CT molecular complexity index is 508. The van der Waals surface area contributed by atoms with Crippen molar-refractivity contribution < 1.29 is 19.4 Å². The number of nitrogens with one attached hydrogen (secondary N) is 2. The molecule has 1 rings (SSSR count). The molecule has 3 N–H and O–H groups in total. The van der Waals surface area contributed by atoms with Gasteiger partial charge in [-0.05, 0) is 33.3 Å². The summed E-state index contributed by atoms with van der Waals surface area (Å²) in [6, 6.07) is 1.76. The second kappa shape index (κ2) is 8.14. The van der Waals surface area contributed by atoms with E-state index in [1.54, 1.807) is 11.4 Å². The standard InChI is InChI=1S/C15H24N2O4S/c1-5-11(7-17-14(20)21-15(2,3)4)16-8-12-6-10(9-22-12)13(18)19/h6,9,11,16H,5,7-8H2,1-4H3,(H,17,20)(H,18,19). The van der Waals surface area contributed by atoms with Crippen molar-refractivity contribution in [1.82, 2.24) is 10.6 Å². The van der Waals surface area contributed by atoms with Gasteiger partial charge >= 0.3 is 12.1 Å². The van der Waals surface area contributed by atoms with Crippen molar-refractivity contribution in [2.45, 2.75) is 52.3 Å². The summed E-state index contributed by atoms with van der Waals surface area (Å²) in [7, 11) is 0. The molecular weight excluding hydrogens is 304 g/mol. The van der Waals surface area contributed by atoms with Crippen LogP contribution in [0.1, 0.15) is 49.4 Å². The number of rotatable bonds is 7. The third-order valence-corrected chi connectivity index (χ3v) is 3.79. The third kappa shape index (κ3) is 6.91. The SMILES string of the molecule is CCC(CNC(=O)OC(C)(C)C)NCc1cc(C(=O)O)cs1. The molecule has 0 saturated carbocycles. The molecular formula is C15H24N2O4S. The molecule has 0 aliphatic rings. The van der Waals surface area contributed by atoms with E-state index >= 15 is 0 Å². The van der Waals surface area contributed by atoms with Gasteiger partial charge in [-0.1, -0.05) is 6.92 Å².